The van der Waals surface area contributed by atoms with E-state index in [1.165, 1.54) is 0 Å². The van der Waals surface area contributed by atoms with Crippen molar-refractivity contribution in [1.82, 2.24) is 0 Å². The molecule has 0 heterocycles. The Kier molecular flexibility index (Phi) is 4.71. The summed E-state index contributed by atoms with van der Waals surface area (Å²) in [5, 5.41) is 7.70. The van der Waals surface area contributed by atoms with Gasteiger partial charge in [-0.1, -0.05) is 11.6 Å². The molecule has 12 heavy (non-hydrogen) atoms. The first-order valence-electron chi connectivity index (χ1n) is 3.17. The fraction of sp³-hybridized carbons (Fsp3) is 0.125. The number of benzene rings is 1. The van der Waals surface area contributed by atoms with Gasteiger partial charge in [0.25, 0.3) is 0 Å². The molecule has 0 saturated heterocycles. The maximum absolute atomic E-state index is 7.03. The van der Waals surface area contributed by atoms with Gasteiger partial charge >= 0.3 is 0 Å². The van der Waals surface area contributed by atoms with Crippen LogP contribution in [-0.4, -0.2) is 5.90 Å². The van der Waals surface area contributed by atoms with E-state index in [2.05, 4.69) is 0 Å². The lowest BCUT2D eigenvalue weighted by Crippen LogP contribution is -1.99. The number of halogens is 2. The Balaban J connectivity index is 0.00000121. The normalized spacial score (nSPS) is 8.50. The zero-order chi connectivity index (χ0) is 8.27. The molecule has 0 aliphatic heterocycles. The molecule has 4 heteroatoms. The van der Waals surface area contributed by atoms with Gasteiger partial charge < -0.3 is 4.74 Å². The van der Waals surface area contributed by atoms with Gasteiger partial charge in [0.05, 0.1) is 0 Å². The molecule has 0 atom stereocenters. The highest BCUT2D eigenvalue weighted by atomic mass is 35.5. The van der Waals surface area contributed by atoms with Crippen molar-refractivity contribution in [3.63, 3.8) is 0 Å². The van der Waals surface area contributed by atoms with Crippen LogP contribution in [0.5, 0.6) is 5.75 Å². The van der Waals surface area contributed by atoms with E-state index in [4.69, 9.17) is 21.7 Å². The van der Waals surface area contributed by atoms with Gasteiger partial charge in [-0.15, -0.1) is 12.4 Å². The Morgan fingerprint density at radius 1 is 1.33 bits per heavy atom. The van der Waals surface area contributed by atoms with Gasteiger partial charge in [-0.25, -0.2) is 0 Å². The summed E-state index contributed by atoms with van der Waals surface area (Å²) >= 11 is 5.64. The lowest BCUT2D eigenvalue weighted by molar-refractivity contribution is 0.542. The van der Waals surface area contributed by atoms with E-state index in [1.807, 2.05) is 0 Å². The average Bonchev–Trinajstić information content (AvgIpc) is 1.93. The van der Waals surface area contributed by atoms with Gasteiger partial charge in [-0.05, 0) is 24.3 Å². The number of rotatable bonds is 1. The van der Waals surface area contributed by atoms with Crippen LogP contribution in [0.15, 0.2) is 24.3 Å². The van der Waals surface area contributed by atoms with Gasteiger partial charge in [0.1, 0.15) is 5.75 Å². The Bertz CT molecular complexity index is 258. The summed E-state index contributed by atoms with van der Waals surface area (Å²) in [5.41, 5.74) is 0. The second-order valence-corrected chi connectivity index (χ2v) is 2.55. The van der Waals surface area contributed by atoms with Crippen LogP contribution in [0, 0.1) is 5.41 Å². The van der Waals surface area contributed by atoms with Crippen LogP contribution < -0.4 is 4.74 Å². The third-order valence-corrected chi connectivity index (χ3v) is 1.34. The van der Waals surface area contributed by atoms with Gasteiger partial charge in [0.2, 0.25) is 0 Å². The molecule has 0 aromatic heterocycles. The minimum atomic E-state index is 0. The first kappa shape index (κ1) is 11.3. The van der Waals surface area contributed by atoms with Crippen molar-refractivity contribution in [1.29, 1.82) is 5.41 Å². The van der Waals surface area contributed by atoms with Crippen molar-refractivity contribution >= 4 is 29.9 Å². The van der Waals surface area contributed by atoms with Crippen molar-refractivity contribution in [2.75, 3.05) is 0 Å². The summed E-state index contributed by atoms with van der Waals surface area (Å²) in [6, 6.07) is 6.89. The lowest BCUT2D eigenvalue weighted by Gasteiger charge is -2.01. The second kappa shape index (κ2) is 5.01. The Hall–Kier alpha value is -0.730. The van der Waals surface area contributed by atoms with E-state index in [1.54, 1.807) is 31.2 Å². The van der Waals surface area contributed by atoms with Crippen molar-refractivity contribution < 1.29 is 4.74 Å². The topological polar surface area (TPSA) is 33.1 Å². The molecule has 0 radical (unpaired) electrons. The molecular weight excluding hydrogens is 197 g/mol. The molecule has 1 rings (SSSR count). The first-order valence-corrected chi connectivity index (χ1v) is 3.55. The minimum Gasteiger partial charge on any atom is -0.444 e. The highest BCUT2D eigenvalue weighted by Gasteiger charge is 1.93. The summed E-state index contributed by atoms with van der Waals surface area (Å²) in [6.07, 6.45) is 0. The van der Waals surface area contributed by atoms with E-state index in [0.717, 1.165) is 0 Å². The second-order valence-electron chi connectivity index (χ2n) is 2.11. The molecule has 1 N–H and O–H groups in total. The predicted octanol–water partition coefficient (Wildman–Crippen LogP) is 3.14. The quantitative estimate of drug-likeness (QED) is 0.555. The molecule has 0 amide bonds. The molecule has 0 bridgehead atoms. The maximum Gasteiger partial charge on any atom is 0.184 e. The summed E-state index contributed by atoms with van der Waals surface area (Å²) in [4.78, 5) is 0. The number of nitrogens with one attached hydrogen (secondary N) is 1. The van der Waals surface area contributed by atoms with Crippen molar-refractivity contribution in [2.24, 2.45) is 0 Å². The van der Waals surface area contributed by atoms with Crippen LogP contribution >= 0.6 is 24.0 Å². The van der Waals surface area contributed by atoms with Gasteiger partial charge in [0.15, 0.2) is 5.90 Å². The molecule has 0 aliphatic carbocycles. The summed E-state index contributed by atoms with van der Waals surface area (Å²) in [6.45, 7) is 1.58. The van der Waals surface area contributed by atoms with E-state index in [9.17, 15) is 0 Å². The summed E-state index contributed by atoms with van der Waals surface area (Å²) < 4.78 is 4.99. The van der Waals surface area contributed by atoms with E-state index in [-0.39, 0.29) is 18.3 Å². The standard InChI is InChI=1S/C8H8ClNO.ClH/c1-6(10)11-8-4-2-7(9)3-5-8;/h2-5,10H,1H3;1H. The van der Waals surface area contributed by atoms with Crippen molar-refractivity contribution in [2.45, 2.75) is 6.92 Å². The fourth-order valence-electron chi connectivity index (χ4n) is 0.679. The minimum absolute atomic E-state index is 0. The van der Waals surface area contributed by atoms with Gasteiger partial charge in [-0.2, -0.15) is 0 Å². The van der Waals surface area contributed by atoms with Crippen LogP contribution in [0.2, 0.25) is 5.02 Å². The zero-order valence-corrected chi connectivity index (χ0v) is 8.08. The van der Waals surface area contributed by atoms with Crippen LogP contribution in [0.25, 0.3) is 0 Å². The van der Waals surface area contributed by atoms with Gasteiger partial charge in [-0.3, -0.25) is 5.41 Å². The first-order chi connectivity index (χ1) is 5.18. The average molecular weight is 206 g/mol. The molecule has 1 aromatic rings. The smallest absolute Gasteiger partial charge is 0.184 e. The largest absolute Gasteiger partial charge is 0.444 e. The fourth-order valence-corrected chi connectivity index (χ4v) is 0.805. The molecule has 0 saturated carbocycles. The monoisotopic (exact) mass is 205 g/mol. The van der Waals surface area contributed by atoms with Crippen LogP contribution in [0.3, 0.4) is 0 Å². The maximum atomic E-state index is 7.03. The summed E-state index contributed by atoms with van der Waals surface area (Å²) in [7, 11) is 0. The zero-order valence-electron chi connectivity index (χ0n) is 6.50. The molecule has 66 valence electrons. The molecule has 0 spiro atoms. The molecule has 1 aromatic carbocycles. The third kappa shape index (κ3) is 3.60. The highest BCUT2D eigenvalue weighted by Crippen LogP contribution is 2.15. The highest BCUT2D eigenvalue weighted by molar-refractivity contribution is 6.30. The van der Waals surface area contributed by atoms with Crippen LogP contribution in [0.1, 0.15) is 6.92 Å². The number of ether oxygens (including phenoxy) is 1. The lowest BCUT2D eigenvalue weighted by atomic mass is 10.3. The third-order valence-electron chi connectivity index (χ3n) is 1.08. The molecule has 2 nitrogen and oxygen atoms in total. The van der Waals surface area contributed by atoms with E-state index >= 15 is 0 Å². The van der Waals surface area contributed by atoms with Crippen molar-refractivity contribution in [3.05, 3.63) is 29.3 Å². The Labute approximate surface area is 82.4 Å². The van der Waals surface area contributed by atoms with E-state index in [0.29, 0.717) is 10.8 Å². The van der Waals surface area contributed by atoms with E-state index < -0.39 is 0 Å². The Morgan fingerprint density at radius 2 is 1.83 bits per heavy atom. The van der Waals surface area contributed by atoms with Crippen LogP contribution in [-0.2, 0) is 0 Å². The van der Waals surface area contributed by atoms with Crippen molar-refractivity contribution in [3.8, 4) is 5.75 Å². The molecule has 0 aliphatic rings. The number of hydrogen-bond acceptors (Lipinski definition) is 2. The summed E-state index contributed by atoms with van der Waals surface area (Å²) in [5.74, 6) is 0.814. The molecular formula is C8H9Cl2NO. The molecule has 0 fully saturated rings. The Morgan fingerprint density at radius 3 is 2.25 bits per heavy atom. The van der Waals surface area contributed by atoms with Gasteiger partial charge in [0, 0.05) is 11.9 Å². The predicted molar refractivity (Wildman–Crippen MR) is 52.7 cm³/mol. The molecule has 0 unspecified atom stereocenters. The van der Waals surface area contributed by atoms with Crippen LogP contribution in [0.4, 0.5) is 0 Å². The SMILES string of the molecule is CC(=N)Oc1ccc(Cl)cc1.Cl. The number of hydrogen-bond donors (Lipinski definition) is 1.